The Labute approximate surface area is 173 Å². The van der Waals surface area contributed by atoms with Crippen molar-refractivity contribution in [3.63, 3.8) is 0 Å². The maximum Gasteiger partial charge on any atom is 0.238 e. The van der Waals surface area contributed by atoms with Gasteiger partial charge in [0.15, 0.2) is 11.5 Å². The number of carbonyl (C=O) groups excluding carboxylic acids is 1. The zero-order valence-corrected chi connectivity index (χ0v) is 17.2. The van der Waals surface area contributed by atoms with E-state index in [1.165, 1.54) is 12.1 Å². The van der Waals surface area contributed by atoms with Crippen LogP contribution in [0.4, 0.5) is 0 Å². The maximum atomic E-state index is 12.3. The molecule has 1 aromatic heterocycles. The van der Waals surface area contributed by atoms with E-state index in [0.717, 1.165) is 16.9 Å². The number of fused-ring (bicyclic) bond motifs is 2. The molecular formula is C20H22N4O5S. The third-order valence-electron chi connectivity index (χ3n) is 4.95. The van der Waals surface area contributed by atoms with Crippen molar-refractivity contribution in [1.29, 1.82) is 0 Å². The third-order valence-corrected chi connectivity index (χ3v) is 5.86. The highest BCUT2D eigenvalue weighted by atomic mass is 32.2. The number of ether oxygens (including phenoxy) is 2. The Morgan fingerprint density at radius 3 is 2.77 bits per heavy atom. The average molecular weight is 430 g/mol. The van der Waals surface area contributed by atoms with Crippen molar-refractivity contribution in [3.05, 3.63) is 47.8 Å². The van der Waals surface area contributed by atoms with Crippen LogP contribution >= 0.6 is 0 Å². The van der Waals surface area contributed by atoms with Crippen LogP contribution in [0.5, 0.6) is 11.5 Å². The van der Waals surface area contributed by atoms with Crippen LogP contribution < -0.4 is 19.9 Å². The van der Waals surface area contributed by atoms with Crippen LogP contribution in [-0.2, 0) is 34.3 Å². The van der Waals surface area contributed by atoms with E-state index in [4.69, 9.17) is 14.6 Å². The molecule has 0 saturated carbocycles. The highest BCUT2D eigenvalue weighted by molar-refractivity contribution is 7.89. The summed E-state index contributed by atoms with van der Waals surface area (Å²) >= 11 is 0. The normalized spacial score (nSPS) is 13.0. The molecule has 0 atom stereocenters. The molecule has 3 N–H and O–H groups in total. The predicted octanol–water partition coefficient (Wildman–Crippen LogP) is 1.68. The summed E-state index contributed by atoms with van der Waals surface area (Å²) < 4.78 is 35.7. The zero-order valence-electron chi connectivity index (χ0n) is 16.4. The molecule has 9 nitrogen and oxygen atoms in total. The Hall–Kier alpha value is -3.11. The lowest BCUT2D eigenvalue weighted by Gasteiger charge is -2.08. The first-order valence-corrected chi connectivity index (χ1v) is 11.1. The van der Waals surface area contributed by atoms with Crippen molar-refractivity contribution in [2.75, 3.05) is 6.79 Å². The van der Waals surface area contributed by atoms with Crippen molar-refractivity contribution >= 4 is 27.0 Å². The van der Waals surface area contributed by atoms with Crippen molar-refractivity contribution in [3.8, 4) is 11.5 Å². The summed E-state index contributed by atoms with van der Waals surface area (Å²) in [5, 5.41) is 8.10. The van der Waals surface area contributed by atoms with Gasteiger partial charge in [-0.15, -0.1) is 0 Å². The van der Waals surface area contributed by atoms with Gasteiger partial charge in [0.25, 0.3) is 0 Å². The van der Waals surface area contributed by atoms with Gasteiger partial charge in [0.1, 0.15) is 5.82 Å². The van der Waals surface area contributed by atoms with E-state index < -0.39 is 10.0 Å². The smallest absolute Gasteiger partial charge is 0.238 e. The van der Waals surface area contributed by atoms with E-state index in [1.807, 2.05) is 29.7 Å². The van der Waals surface area contributed by atoms with Gasteiger partial charge in [0, 0.05) is 25.9 Å². The van der Waals surface area contributed by atoms with Gasteiger partial charge in [-0.05, 0) is 42.8 Å². The fourth-order valence-electron chi connectivity index (χ4n) is 3.45. The SMILES string of the molecule is CCn1c(CCC(=O)NCc2ccc3c(c2)OCO3)nc2cc(S(N)(=O)=O)ccc21. The van der Waals surface area contributed by atoms with Gasteiger partial charge in [0.05, 0.1) is 15.9 Å². The molecule has 0 spiro atoms. The number of aryl methyl sites for hydroxylation is 2. The summed E-state index contributed by atoms with van der Waals surface area (Å²) in [6.45, 7) is 3.22. The van der Waals surface area contributed by atoms with Crippen LogP contribution in [0.3, 0.4) is 0 Å². The van der Waals surface area contributed by atoms with Crippen molar-refractivity contribution in [2.24, 2.45) is 5.14 Å². The summed E-state index contributed by atoms with van der Waals surface area (Å²) in [6, 6.07) is 10.2. The Morgan fingerprint density at radius 2 is 2.00 bits per heavy atom. The molecule has 30 heavy (non-hydrogen) atoms. The molecule has 2 aromatic carbocycles. The minimum Gasteiger partial charge on any atom is -0.454 e. The number of nitrogens with zero attached hydrogens (tertiary/aromatic N) is 2. The van der Waals surface area contributed by atoms with E-state index in [2.05, 4.69) is 10.3 Å². The minimum atomic E-state index is -3.80. The van der Waals surface area contributed by atoms with Gasteiger partial charge in [0.2, 0.25) is 22.7 Å². The molecule has 1 aliphatic rings. The van der Waals surface area contributed by atoms with Crippen LogP contribution in [0.25, 0.3) is 11.0 Å². The van der Waals surface area contributed by atoms with Gasteiger partial charge in [-0.2, -0.15) is 0 Å². The van der Waals surface area contributed by atoms with Gasteiger partial charge in [-0.1, -0.05) is 6.07 Å². The Morgan fingerprint density at radius 1 is 1.20 bits per heavy atom. The molecule has 0 saturated heterocycles. The topological polar surface area (TPSA) is 126 Å². The number of sulfonamides is 1. The number of primary sulfonamides is 1. The molecule has 0 bridgehead atoms. The number of imidazole rings is 1. The van der Waals surface area contributed by atoms with E-state index in [-0.39, 0.29) is 24.0 Å². The second-order valence-corrected chi connectivity index (χ2v) is 8.49. The van der Waals surface area contributed by atoms with E-state index in [0.29, 0.717) is 36.5 Å². The minimum absolute atomic E-state index is 0.0174. The summed E-state index contributed by atoms with van der Waals surface area (Å²) in [5.41, 5.74) is 2.27. The Bertz CT molecular complexity index is 1220. The largest absolute Gasteiger partial charge is 0.454 e. The standard InChI is InChI=1S/C20H22N4O5S/c1-2-24-16-5-4-14(30(21,26)27)10-15(16)23-19(24)7-8-20(25)22-11-13-3-6-17-18(9-13)29-12-28-17/h3-6,9-10H,2,7-8,11-12H2,1H3,(H,22,25)(H2,21,26,27). The number of nitrogens with two attached hydrogens (primary N) is 1. The highest BCUT2D eigenvalue weighted by Crippen LogP contribution is 2.32. The summed E-state index contributed by atoms with van der Waals surface area (Å²) in [6.07, 6.45) is 0.691. The fraction of sp³-hybridized carbons (Fsp3) is 0.300. The lowest BCUT2D eigenvalue weighted by molar-refractivity contribution is -0.121. The molecule has 0 aliphatic carbocycles. The Kier molecular flexibility index (Phi) is 5.35. The van der Waals surface area contributed by atoms with Gasteiger partial charge < -0.3 is 19.4 Å². The lowest BCUT2D eigenvalue weighted by Crippen LogP contribution is -2.23. The number of hydrogen-bond acceptors (Lipinski definition) is 6. The molecule has 1 amide bonds. The monoisotopic (exact) mass is 430 g/mol. The highest BCUT2D eigenvalue weighted by Gasteiger charge is 2.16. The Balaban J connectivity index is 1.41. The molecule has 10 heteroatoms. The van der Waals surface area contributed by atoms with E-state index >= 15 is 0 Å². The second kappa shape index (κ2) is 7.96. The summed E-state index contributed by atoms with van der Waals surface area (Å²) in [7, 11) is -3.80. The van der Waals surface area contributed by atoms with Gasteiger partial charge in [-0.3, -0.25) is 4.79 Å². The number of amides is 1. The number of benzene rings is 2. The first-order chi connectivity index (χ1) is 14.3. The molecule has 1 aliphatic heterocycles. The number of carbonyl (C=O) groups is 1. The number of aromatic nitrogens is 2. The molecule has 0 fully saturated rings. The number of hydrogen-bond donors (Lipinski definition) is 2. The summed E-state index contributed by atoms with van der Waals surface area (Å²) in [5.74, 6) is 2.00. The van der Waals surface area contributed by atoms with Crippen molar-refractivity contribution in [1.82, 2.24) is 14.9 Å². The van der Waals surface area contributed by atoms with Crippen LogP contribution in [0.1, 0.15) is 24.7 Å². The maximum absolute atomic E-state index is 12.3. The van der Waals surface area contributed by atoms with E-state index in [9.17, 15) is 13.2 Å². The second-order valence-electron chi connectivity index (χ2n) is 6.93. The third kappa shape index (κ3) is 4.10. The number of rotatable bonds is 7. The quantitative estimate of drug-likeness (QED) is 0.587. The molecule has 3 aromatic rings. The fourth-order valence-corrected chi connectivity index (χ4v) is 3.98. The molecule has 0 unspecified atom stereocenters. The van der Waals surface area contributed by atoms with Crippen LogP contribution in [0.2, 0.25) is 0 Å². The molecule has 0 radical (unpaired) electrons. The van der Waals surface area contributed by atoms with Crippen LogP contribution in [0.15, 0.2) is 41.3 Å². The lowest BCUT2D eigenvalue weighted by atomic mass is 10.2. The zero-order chi connectivity index (χ0) is 21.3. The van der Waals surface area contributed by atoms with Crippen molar-refractivity contribution < 1.29 is 22.7 Å². The predicted molar refractivity (Wildman–Crippen MR) is 110 cm³/mol. The van der Waals surface area contributed by atoms with Gasteiger partial charge in [-0.25, -0.2) is 18.5 Å². The first kappa shape index (κ1) is 20.2. The molecule has 2 heterocycles. The van der Waals surface area contributed by atoms with Crippen molar-refractivity contribution in [2.45, 2.75) is 37.8 Å². The average Bonchev–Trinajstić information content (AvgIpc) is 3.32. The summed E-state index contributed by atoms with van der Waals surface area (Å²) in [4.78, 5) is 16.9. The van der Waals surface area contributed by atoms with Crippen LogP contribution in [-0.4, -0.2) is 30.7 Å². The van der Waals surface area contributed by atoms with Crippen LogP contribution in [0, 0.1) is 0 Å². The molecule has 4 rings (SSSR count). The molecular weight excluding hydrogens is 408 g/mol. The van der Waals surface area contributed by atoms with E-state index in [1.54, 1.807) is 6.07 Å². The van der Waals surface area contributed by atoms with Gasteiger partial charge >= 0.3 is 0 Å². The first-order valence-electron chi connectivity index (χ1n) is 9.52. The number of nitrogens with one attached hydrogen (secondary N) is 1. The molecule has 158 valence electrons.